The molecule has 10 heavy (non-hydrogen) atoms. The van der Waals surface area contributed by atoms with E-state index in [0.717, 1.165) is 0 Å². The van der Waals surface area contributed by atoms with Crippen molar-refractivity contribution in [1.82, 2.24) is 0 Å². The van der Waals surface area contributed by atoms with Crippen LogP contribution in [0.25, 0.3) is 0 Å². The molecule has 54 valence electrons. The van der Waals surface area contributed by atoms with Crippen LogP contribution in [0.5, 0.6) is 0 Å². The number of ether oxygens (including phenoxy) is 1. The third-order valence-electron chi connectivity index (χ3n) is 1.15. The van der Waals surface area contributed by atoms with Crippen molar-refractivity contribution in [2.24, 2.45) is 10.9 Å². The summed E-state index contributed by atoms with van der Waals surface area (Å²) in [5, 5.41) is 11.1. The lowest BCUT2D eigenvalue weighted by molar-refractivity contribution is 0.284. The fraction of sp³-hybridized carbons (Fsp3) is 0.167. The molecule has 1 heterocycles. The lowest BCUT2D eigenvalue weighted by Gasteiger charge is -2.04. The molecule has 3 N–H and O–H groups in total. The van der Waals surface area contributed by atoms with E-state index >= 15 is 0 Å². The number of hydrogen-bond acceptors (Lipinski definition) is 3. The number of nitrogens with zero attached hydrogens (tertiary/aromatic N) is 1. The zero-order chi connectivity index (χ0) is 7.40. The van der Waals surface area contributed by atoms with Crippen LogP contribution in [0.2, 0.25) is 0 Å². The predicted octanol–water partition coefficient (Wildman–Crippen LogP) is 0.203. The minimum atomic E-state index is 0.111. The van der Waals surface area contributed by atoms with Gasteiger partial charge in [0.2, 0.25) is 0 Å². The molecule has 0 saturated heterocycles. The van der Waals surface area contributed by atoms with Crippen molar-refractivity contribution in [2.45, 2.75) is 0 Å². The Balaban J connectivity index is 2.72. The highest BCUT2D eigenvalue weighted by molar-refractivity contribution is 5.99. The maximum absolute atomic E-state index is 8.23. The van der Waals surface area contributed by atoms with Gasteiger partial charge in [-0.1, -0.05) is 5.16 Å². The number of oxime groups is 1. The van der Waals surface area contributed by atoms with Gasteiger partial charge in [-0.15, -0.1) is 0 Å². The summed E-state index contributed by atoms with van der Waals surface area (Å²) >= 11 is 0. The number of hydrogen-bond donors (Lipinski definition) is 2. The first kappa shape index (κ1) is 6.67. The molecule has 1 rings (SSSR count). The van der Waals surface area contributed by atoms with Crippen LogP contribution in [0.3, 0.4) is 0 Å². The summed E-state index contributed by atoms with van der Waals surface area (Å²) in [6.07, 6.45) is 4.88. The van der Waals surface area contributed by atoms with Crippen molar-refractivity contribution in [2.75, 3.05) is 6.61 Å². The van der Waals surface area contributed by atoms with E-state index in [1.54, 1.807) is 12.2 Å². The minimum Gasteiger partial charge on any atom is -0.497 e. The number of amidine groups is 1. The summed E-state index contributed by atoms with van der Waals surface area (Å²) in [4.78, 5) is 0. The van der Waals surface area contributed by atoms with E-state index in [2.05, 4.69) is 5.16 Å². The lowest BCUT2D eigenvalue weighted by Crippen LogP contribution is -2.15. The van der Waals surface area contributed by atoms with E-state index in [1.807, 2.05) is 0 Å². The Morgan fingerprint density at radius 3 is 3.10 bits per heavy atom. The van der Waals surface area contributed by atoms with E-state index in [1.165, 1.54) is 6.26 Å². The molecule has 0 atom stereocenters. The normalized spacial score (nSPS) is 18.0. The average molecular weight is 140 g/mol. The topological polar surface area (TPSA) is 67.8 Å². The molecule has 1 aliphatic rings. The summed E-state index contributed by atoms with van der Waals surface area (Å²) in [7, 11) is 0. The van der Waals surface area contributed by atoms with Crippen molar-refractivity contribution in [3.05, 3.63) is 24.0 Å². The number of rotatable bonds is 1. The van der Waals surface area contributed by atoms with Crippen LogP contribution in [0.1, 0.15) is 0 Å². The Morgan fingerprint density at radius 1 is 1.80 bits per heavy atom. The van der Waals surface area contributed by atoms with Crippen LogP contribution in [0.4, 0.5) is 0 Å². The largest absolute Gasteiger partial charge is 0.497 e. The van der Waals surface area contributed by atoms with Crippen LogP contribution in [-0.4, -0.2) is 17.6 Å². The van der Waals surface area contributed by atoms with Gasteiger partial charge in [-0.3, -0.25) is 0 Å². The van der Waals surface area contributed by atoms with Crippen LogP contribution < -0.4 is 5.73 Å². The first-order valence-electron chi connectivity index (χ1n) is 2.81. The quantitative estimate of drug-likeness (QED) is 0.236. The second-order valence-corrected chi connectivity index (χ2v) is 1.78. The van der Waals surface area contributed by atoms with Gasteiger partial charge in [-0.05, 0) is 12.2 Å². The molecular weight excluding hydrogens is 132 g/mol. The molecule has 0 aromatic rings. The molecular formula is C6H8N2O2. The van der Waals surface area contributed by atoms with Crippen molar-refractivity contribution < 1.29 is 9.94 Å². The maximum atomic E-state index is 8.23. The van der Waals surface area contributed by atoms with Crippen molar-refractivity contribution >= 4 is 5.84 Å². The summed E-state index contributed by atoms with van der Waals surface area (Å²) in [5.41, 5.74) is 5.96. The second-order valence-electron chi connectivity index (χ2n) is 1.78. The minimum absolute atomic E-state index is 0.111. The van der Waals surface area contributed by atoms with Crippen molar-refractivity contribution in [3.8, 4) is 0 Å². The summed E-state index contributed by atoms with van der Waals surface area (Å²) in [6.45, 7) is 0.474. The van der Waals surface area contributed by atoms with Gasteiger partial charge in [-0.25, -0.2) is 0 Å². The fourth-order valence-corrected chi connectivity index (χ4v) is 0.631. The van der Waals surface area contributed by atoms with E-state index in [9.17, 15) is 0 Å². The number of nitrogens with two attached hydrogens (primary N) is 1. The third-order valence-corrected chi connectivity index (χ3v) is 1.15. The first-order valence-corrected chi connectivity index (χ1v) is 2.81. The van der Waals surface area contributed by atoms with Crippen molar-refractivity contribution in [3.63, 3.8) is 0 Å². The third kappa shape index (κ3) is 1.28. The molecule has 0 aliphatic carbocycles. The predicted molar refractivity (Wildman–Crippen MR) is 36.6 cm³/mol. The average Bonchev–Trinajstić information content (AvgIpc) is 2.05. The van der Waals surface area contributed by atoms with E-state index in [0.29, 0.717) is 12.2 Å². The summed E-state index contributed by atoms with van der Waals surface area (Å²) < 4.78 is 4.85. The molecule has 0 saturated carbocycles. The first-order chi connectivity index (χ1) is 4.84. The Bertz CT molecular complexity index is 206. The monoisotopic (exact) mass is 140 g/mol. The molecule has 0 aromatic carbocycles. The SMILES string of the molecule is NC(=NO)C1=CCOC=C1. The standard InChI is InChI=1S/C6H8N2O2/c7-6(8-9)5-1-3-10-4-2-5/h1-3,9H,4H2,(H2,7,8). The van der Waals surface area contributed by atoms with Crippen molar-refractivity contribution in [1.29, 1.82) is 0 Å². The van der Waals surface area contributed by atoms with Gasteiger partial charge in [0.15, 0.2) is 5.84 Å². The highest BCUT2D eigenvalue weighted by Crippen LogP contribution is 2.02. The molecule has 0 spiro atoms. The molecule has 0 radical (unpaired) electrons. The van der Waals surface area contributed by atoms with Crippen LogP contribution in [-0.2, 0) is 4.74 Å². The smallest absolute Gasteiger partial charge is 0.170 e. The molecule has 4 heteroatoms. The van der Waals surface area contributed by atoms with E-state index in [4.69, 9.17) is 15.7 Å². The highest BCUT2D eigenvalue weighted by Gasteiger charge is 2.01. The lowest BCUT2D eigenvalue weighted by atomic mass is 10.2. The molecule has 0 aromatic heterocycles. The Kier molecular flexibility index (Phi) is 1.94. The molecule has 4 nitrogen and oxygen atoms in total. The Labute approximate surface area is 58.3 Å². The molecule has 0 unspecified atom stereocenters. The van der Waals surface area contributed by atoms with Crippen LogP contribution in [0.15, 0.2) is 29.1 Å². The maximum Gasteiger partial charge on any atom is 0.170 e. The summed E-state index contributed by atoms with van der Waals surface area (Å²) in [5.74, 6) is 0.111. The summed E-state index contributed by atoms with van der Waals surface area (Å²) in [6, 6.07) is 0. The van der Waals surface area contributed by atoms with Gasteiger partial charge in [-0.2, -0.15) is 0 Å². The van der Waals surface area contributed by atoms with Gasteiger partial charge in [0.25, 0.3) is 0 Å². The van der Waals surface area contributed by atoms with Gasteiger partial charge in [0.05, 0.1) is 6.26 Å². The molecule has 0 bridgehead atoms. The molecule has 1 aliphatic heterocycles. The van der Waals surface area contributed by atoms with Gasteiger partial charge in [0, 0.05) is 5.57 Å². The van der Waals surface area contributed by atoms with Crippen LogP contribution >= 0.6 is 0 Å². The van der Waals surface area contributed by atoms with Crippen LogP contribution in [0, 0.1) is 0 Å². The second kappa shape index (κ2) is 2.91. The molecule has 0 amide bonds. The molecule has 0 fully saturated rings. The van der Waals surface area contributed by atoms with Gasteiger partial charge < -0.3 is 15.7 Å². The van der Waals surface area contributed by atoms with E-state index in [-0.39, 0.29) is 5.84 Å². The van der Waals surface area contributed by atoms with Gasteiger partial charge in [0.1, 0.15) is 6.61 Å². The zero-order valence-corrected chi connectivity index (χ0v) is 5.32. The van der Waals surface area contributed by atoms with Gasteiger partial charge >= 0.3 is 0 Å². The Morgan fingerprint density at radius 2 is 2.60 bits per heavy atom. The fourth-order valence-electron chi connectivity index (χ4n) is 0.631. The zero-order valence-electron chi connectivity index (χ0n) is 5.32. The Hall–Kier alpha value is -1.45. The highest BCUT2D eigenvalue weighted by atomic mass is 16.5. The van der Waals surface area contributed by atoms with E-state index < -0.39 is 0 Å².